The third-order valence-electron chi connectivity index (χ3n) is 17.5. The summed E-state index contributed by atoms with van der Waals surface area (Å²) in [5, 5.41) is 7.04. The largest absolute Gasteiger partial charge is 0.457 e. The van der Waals surface area contributed by atoms with Crippen molar-refractivity contribution in [1.29, 1.82) is 0 Å². The zero-order valence-corrected chi connectivity index (χ0v) is 44.8. The highest BCUT2D eigenvalue weighted by atomic mass is 16.5. The number of hydrogen-bond acceptors (Lipinski definition) is 2. The molecule has 0 saturated carbocycles. The second-order valence-electron chi connectivity index (χ2n) is 21.7. The summed E-state index contributed by atoms with van der Waals surface area (Å²) in [7, 11) is 0. The van der Waals surface area contributed by atoms with Crippen LogP contribution < -0.4 is 9.47 Å². The Hall–Kier alpha value is -10.5. The van der Waals surface area contributed by atoms with Crippen molar-refractivity contribution in [3.8, 4) is 67.5 Å². The lowest BCUT2D eigenvalue weighted by Crippen LogP contribution is -2.34. The van der Waals surface area contributed by atoms with Crippen LogP contribution in [-0.4, -0.2) is 0 Å². The van der Waals surface area contributed by atoms with Gasteiger partial charge in [-0.25, -0.2) is 0 Å². The smallest absolute Gasteiger partial charge is 0.132 e. The molecule has 0 bridgehead atoms. The van der Waals surface area contributed by atoms with Crippen LogP contribution in [0.1, 0.15) is 44.5 Å². The fourth-order valence-electron chi connectivity index (χ4n) is 14.1. The fraction of sp³-hybridized carbons (Fsp3) is 0.0250. The molecule has 2 aliphatic heterocycles. The van der Waals surface area contributed by atoms with Crippen molar-refractivity contribution in [1.82, 2.24) is 0 Å². The first-order valence-electron chi connectivity index (χ1n) is 28.3. The van der Waals surface area contributed by atoms with Crippen molar-refractivity contribution < 1.29 is 9.47 Å². The number of fused-ring (bicyclic) bond motifs is 7. The maximum Gasteiger partial charge on any atom is 0.132 e. The van der Waals surface area contributed by atoms with Gasteiger partial charge in [0.15, 0.2) is 0 Å². The zero-order valence-electron chi connectivity index (χ0n) is 44.8. The zero-order chi connectivity index (χ0) is 54.2. The quantitative estimate of drug-likeness (QED) is 0.141. The second kappa shape index (κ2) is 19.1. The van der Waals surface area contributed by atoms with Gasteiger partial charge in [0.1, 0.15) is 23.0 Å². The third-order valence-corrected chi connectivity index (χ3v) is 17.5. The molecular formula is C80H52O2. The van der Waals surface area contributed by atoms with E-state index in [1.54, 1.807) is 0 Å². The predicted octanol–water partition coefficient (Wildman–Crippen LogP) is 20.8. The first-order valence-corrected chi connectivity index (χ1v) is 28.3. The second-order valence-corrected chi connectivity index (χ2v) is 21.7. The molecule has 0 spiro atoms. The molecule has 384 valence electrons. The predicted molar refractivity (Wildman–Crippen MR) is 337 cm³/mol. The molecule has 0 radical (unpaired) electrons. The first-order chi connectivity index (χ1) is 40.7. The molecule has 0 unspecified atom stereocenters. The Labute approximate surface area is 477 Å². The molecule has 2 heteroatoms. The van der Waals surface area contributed by atoms with E-state index in [4.69, 9.17) is 9.47 Å². The molecule has 0 N–H and O–H groups in total. The number of ether oxygens (including phenoxy) is 2. The van der Waals surface area contributed by atoms with E-state index in [-0.39, 0.29) is 0 Å². The van der Waals surface area contributed by atoms with Gasteiger partial charge < -0.3 is 9.47 Å². The summed E-state index contributed by atoms with van der Waals surface area (Å²) in [6.07, 6.45) is 0. The molecule has 82 heavy (non-hydrogen) atoms. The lowest BCUT2D eigenvalue weighted by Gasteiger charge is -2.42. The Balaban J connectivity index is 1.02. The molecule has 16 rings (SSSR count). The van der Waals surface area contributed by atoms with Crippen LogP contribution in [0.2, 0.25) is 0 Å². The summed E-state index contributed by atoms with van der Waals surface area (Å²) in [4.78, 5) is 0. The van der Waals surface area contributed by atoms with Gasteiger partial charge in [0, 0.05) is 22.3 Å². The monoisotopic (exact) mass is 1040 g/mol. The normalized spacial score (nSPS) is 13.5. The number of rotatable bonds is 8. The van der Waals surface area contributed by atoms with E-state index in [1.165, 1.54) is 60.5 Å². The molecule has 0 fully saturated rings. The van der Waals surface area contributed by atoms with Crippen LogP contribution in [0.4, 0.5) is 0 Å². The minimum Gasteiger partial charge on any atom is -0.457 e. The summed E-state index contributed by atoms with van der Waals surface area (Å²) in [6, 6.07) is 115. The SMILES string of the molecule is c1ccc(-c2cc(-c3c4cccc(-c5ccc6c(c5)C(c5ccccc5)(c5ccccc5)c5ccccc5O6)c4cc4c(-c5cccc6c5C(c5ccccc5)(c5ccccc5)c5ccccc5O6)cccc34)cc3ccccc23)cc1. The summed E-state index contributed by atoms with van der Waals surface area (Å²) < 4.78 is 14.1. The van der Waals surface area contributed by atoms with E-state index in [9.17, 15) is 0 Å². The van der Waals surface area contributed by atoms with Crippen LogP contribution in [0, 0.1) is 0 Å². The first kappa shape index (κ1) is 47.5. The van der Waals surface area contributed by atoms with E-state index in [0.717, 1.165) is 83.8 Å². The average Bonchev–Trinajstić information content (AvgIpc) is 2.35. The average molecular weight is 1050 g/mol. The van der Waals surface area contributed by atoms with E-state index in [0.29, 0.717) is 0 Å². The summed E-state index contributed by atoms with van der Waals surface area (Å²) in [5.41, 5.74) is 16.9. The van der Waals surface area contributed by atoms with Crippen LogP contribution in [0.3, 0.4) is 0 Å². The van der Waals surface area contributed by atoms with Gasteiger partial charge in [0.25, 0.3) is 0 Å². The Morgan fingerprint density at radius 1 is 0.220 bits per heavy atom. The van der Waals surface area contributed by atoms with Gasteiger partial charge >= 0.3 is 0 Å². The lowest BCUT2D eigenvalue weighted by atomic mass is 9.62. The molecular weight excluding hydrogens is 993 g/mol. The topological polar surface area (TPSA) is 18.5 Å². The van der Waals surface area contributed by atoms with E-state index < -0.39 is 10.8 Å². The lowest BCUT2D eigenvalue weighted by molar-refractivity contribution is 0.434. The summed E-state index contributed by atoms with van der Waals surface area (Å²) in [5.74, 6) is 3.38. The minimum absolute atomic E-state index is 0.686. The van der Waals surface area contributed by atoms with Gasteiger partial charge in [-0.2, -0.15) is 0 Å². The Bertz CT molecular complexity index is 4700. The van der Waals surface area contributed by atoms with E-state index >= 15 is 0 Å². The van der Waals surface area contributed by atoms with Gasteiger partial charge in [-0.3, -0.25) is 0 Å². The third kappa shape index (κ3) is 7.14. The highest BCUT2D eigenvalue weighted by molar-refractivity contribution is 6.20. The molecule has 0 atom stereocenters. The van der Waals surface area contributed by atoms with Crippen molar-refractivity contribution in [3.05, 3.63) is 360 Å². The highest BCUT2D eigenvalue weighted by Gasteiger charge is 2.48. The molecule has 14 aromatic rings. The maximum absolute atomic E-state index is 7.12. The summed E-state index contributed by atoms with van der Waals surface area (Å²) in [6.45, 7) is 0. The molecule has 0 amide bonds. The molecule has 2 aliphatic rings. The van der Waals surface area contributed by atoms with Gasteiger partial charge in [-0.05, 0) is 148 Å². The Morgan fingerprint density at radius 3 is 1.30 bits per heavy atom. The van der Waals surface area contributed by atoms with Crippen LogP contribution in [0.5, 0.6) is 23.0 Å². The van der Waals surface area contributed by atoms with Crippen LogP contribution in [-0.2, 0) is 10.8 Å². The van der Waals surface area contributed by atoms with Gasteiger partial charge in [0.05, 0.1) is 10.8 Å². The van der Waals surface area contributed by atoms with E-state index in [1.807, 2.05) is 0 Å². The van der Waals surface area contributed by atoms with E-state index in [2.05, 4.69) is 315 Å². The van der Waals surface area contributed by atoms with Crippen molar-refractivity contribution >= 4 is 32.3 Å². The standard InChI is InChI=1S/C80H52O2/c1-6-25-53(26-7-1)67-50-56(49-54-27-16-17-36-61(54)67)77-64-39-22-37-62(55-47-48-75-72(51-55)79(57-28-8-2-9-29-57,58-30-10-3-11-31-58)70-42-18-20-44-73(70)81-75)68(64)52-69-63(38-23-40-65(69)77)66-41-24-46-76-78(66)80(59-32-12-4-13-33-59,60-34-14-5-15-35-60)71-43-19-21-45-74(71)82-76/h1-52H. The summed E-state index contributed by atoms with van der Waals surface area (Å²) >= 11 is 0. The van der Waals surface area contributed by atoms with Crippen LogP contribution in [0.15, 0.2) is 315 Å². The fourth-order valence-corrected chi connectivity index (χ4v) is 14.1. The Kier molecular flexibility index (Phi) is 11.0. The van der Waals surface area contributed by atoms with Crippen molar-refractivity contribution in [2.75, 3.05) is 0 Å². The molecule has 2 nitrogen and oxygen atoms in total. The molecule has 0 aromatic heterocycles. The van der Waals surface area contributed by atoms with Gasteiger partial charge in [-0.15, -0.1) is 0 Å². The molecule has 2 heterocycles. The van der Waals surface area contributed by atoms with Crippen LogP contribution >= 0.6 is 0 Å². The number of hydrogen-bond donors (Lipinski definition) is 0. The molecule has 0 aliphatic carbocycles. The highest BCUT2D eigenvalue weighted by Crippen LogP contribution is 2.60. The van der Waals surface area contributed by atoms with Gasteiger partial charge in [-0.1, -0.05) is 267 Å². The van der Waals surface area contributed by atoms with Crippen molar-refractivity contribution in [2.24, 2.45) is 0 Å². The molecule has 14 aromatic carbocycles. The Morgan fingerprint density at radius 2 is 0.671 bits per heavy atom. The number of para-hydroxylation sites is 2. The van der Waals surface area contributed by atoms with Crippen LogP contribution in [0.25, 0.3) is 76.8 Å². The number of benzene rings is 14. The van der Waals surface area contributed by atoms with Crippen molar-refractivity contribution in [2.45, 2.75) is 10.8 Å². The van der Waals surface area contributed by atoms with Crippen molar-refractivity contribution in [3.63, 3.8) is 0 Å². The molecule has 0 saturated heterocycles. The van der Waals surface area contributed by atoms with Gasteiger partial charge in [0.2, 0.25) is 0 Å². The maximum atomic E-state index is 7.12. The minimum atomic E-state index is -0.743.